The molecule has 0 aromatic rings. The molecule has 2 aliphatic heterocycles. The van der Waals surface area contributed by atoms with Crippen molar-refractivity contribution in [3.8, 4) is 0 Å². The van der Waals surface area contributed by atoms with Gasteiger partial charge >= 0.3 is 11.9 Å². The fourth-order valence-corrected chi connectivity index (χ4v) is 3.82. The molecule has 0 radical (unpaired) electrons. The highest BCUT2D eigenvalue weighted by Crippen LogP contribution is 2.22. The molecule has 2 heterocycles. The average molecular weight is 417 g/mol. The van der Waals surface area contributed by atoms with E-state index in [0.29, 0.717) is 37.9 Å². The lowest BCUT2D eigenvalue weighted by molar-refractivity contribution is -0.138. The van der Waals surface area contributed by atoms with Crippen molar-refractivity contribution in [3.05, 3.63) is 0 Å². The molecule has 0 saturated carbocycles. The predicted octanol–water partition coefficient (Wildman–Crippen LogP) is 2.72. The van der Waals surface area contributed by atoms with Crippen molar-refractivity contribution in [3.63, 3.8) is 0 Å². The van der Waals surface area contributed by atoms with Crippen molar-refractivity contribution >= 4 is 47.3 Å². The molecule has 0 aliphatic carbocycles. The minimum atomic E-state index is -0.733. The highest BCUT2D eigenvalue weighted by atomic mass is 32.2. The third kappa shape index (κ3) is 7.12. The van der Waals surface area contributed by atoms with Crippen LogP contribution in [0.25, 0.3) is 0 Å². The van der Waals surface area contributed by atoms with Gasteiger partial charge in [0.2, 0.25) is 0 Å². The molecule has 0 fully saturated rings. The number of ether oxygens (including phenoxy) is 3. The van der Waals surface area contributed by atoms with E-state index in [4.69, 9.17) is 14.2 Å². The largest absolute Gasteiger partial charge is 0.410 e. The summed E-state index contributed by atoms with van der Waals surface area (Å²) in [7, 11) is 0. The van der Waals surface area contributed by atoms with Crippen LogP contribution >= 0.6 is 23.5 Å². The Hall–Kier alpha value is -1.06. The van der Waals surface area contributed by atoms with Gasteiger partial charge in [0.25, 0.3) is 0 Å². The van der Waals surface area contributed by atoms with E-state index in [2.05, 4.69) is 9.98 Å². The summed E-state index contributed by atoms with van der Waals surface area (Å²) in [5.41, 5.74) is -1.47. The zero-order valence-corrected chi connectivity index (χ0v) is 18.0. The van der Waals surface area contributed by atoms with Crippen molar-refractivity contribution in [2.45, 2.75) is 51.6 Å². The molecule has 2 rings (SSSR count). The zero-order valence-electron chi connectivity index (χ0n) is 16.4. The third-order valence-electron chi connectivity index (χ3n) is 3.89. The number of aliphatic imine (C=N–C) groups is 2. The fraction of sp³-hybridized carbons (Fsp3) is 0.778. The van der Waals surface area contributed by atoms with Crippen molar-refractivity contribution < 1.29 is 23.8 Å². The Balaban J connectivity index is 1.39. The minimum Gasteiger partial charge on any atom is -0.410 e. The lowest BCUT2D eigenvalue weighted by Crippen LogP contribution is -2.25. The van der Waals surface area contributed by atoms with E-state index in [1.165, 1.54) is 0 Å². The second-order valence-electron chi connectivity index (χ2n) is 7.25. The summed E-state index contributed by atoms with van der Waals surface area (Å²) in [4.78, 5) is 31.6. The van der Waals surface area contributed by atoms with Crippen LogP contribution in [0.3, 0.4) is 0 Å². The first-order chi connectivity index (χ1) is 12.7. The van der Waals surface area contributed by atoms with Gasteiger partial charge in [-0.2, -0.15) is 23.5 Å². The maximum atomic E-state index is 11.5. The molecule has 0 unspecified atom stereocenters. The van der Waals surface area contributed by atoms with Gasteiger partial charge in [0.1, 0.15) is 0 Å². The number of hydrogen-bond acceptors (Lipinski definition) is 9. The SMILES string of the molecule is CC1(C)N=C(CCSCCOCCSCCC2=NC(C)(C)C(=O)O2)OC1=O. The molecule has 0 atom stereocenters. The van der Waals surface area contributed by atoms with Gasteiger partial charge in [-0.25, -0.2) is 19.6 Å². The molecule has 9 heteroatoms. The monoisotopic (exact) mass is 416 g/mol. The Morgan fingerprint density at radius 1 is 0.778 bits per heavy atom. The second kappa shape index (κ2) is 9.93. The van der Waals surface area contributed by atoms with Gasteiger partial charge in [-0.15, -0.1) is 0 Å². The summed E-state index contributed by atoms with van der Waals surface area (Å²) in [6, 6.07) is 0. The minimum absolute atomic E-state index is 0.273. The van der Waals surface area contributed by atoms with E-state index in [0.717, 1.165) is 23.0 Å². The van der Waals surface area contributed by atoms with E-state index in [1.807, 2.05) is 0 Å². The lowest BCUT2D eigenvalue weighted by Gasteiger charge is -2.05. The normalized spacial score (nSPS) is 20.3. The lowest BCUT2D eigenvalue weighted by atomic mass is 10.1. The van der Waals surface area contributed by atoms with Crippen LogP contribution in [0.2, 0.25) is 0 Å². The zero-order chi connectivity index (χ0) is 19.9. The number of carbonyl (C=O) groups is 2. The van der Waals surface area contributed by atoms with E-state index >= 15 is 0 Å². The maximum absolute atomic E-state index is 11.5. The predicted molar refractivity (Wildman–Crippen MR) is 110 cm³/mol. The van der Waals surface area contributed by atoms with Crippen LogP contribution in [-0.2, 0) is 23.8 Å². The average Bonchev–Trinajstić information content (AvgIpc) is 2.99. The highest BCUT2D eigenvalue weighted by Gasteiger charge is 2.37. The summed E-state index contributed by atoms with van der Waals surface area (Å²) < 4.78 is 15.9. The number of thioether (sulfide) groups is 2. The van der Waals surface area contributed by atoms with Gasteiger partial charge in [0, 0.05) is 35.9 Å². The molecule has 27 heavy (non-hydrogen) atoms. The summed E-state index contributed by atoms with van der Waals surface area (Å²) in [6.45, 7) is 8.43. The van der Waals surface area contributed by atoms with Gasteiger partial charge in [0.05, 0.1) is 13.2 Å². The molecule has 2 aliphatic rings. The van der Waals surface area contributed by atoms with Gasteiger partial charge in [-0.1, -0.05) is 0 Å². The molecular weight excluding hydrogens is 388 g/mol. The summed E-state index contributed by atoms with van der Waals surface area (Å²) >= 11 is 3.52. The van der Waals surface area contributed by atoms with Gasteiger partial charge in [-0.05, 0) is 27.7 Å². The van der Waals surface area contributed by atoms with E-state index in [1.54, 1.807) is 51.2 Å². The van der Waals surface area contributed by atoms with Gasteiger partial charge in [-0.3, -0.25) is 0 Å². The summed E-state index contributed by atoms with van der Waals surface area (Å²) in [5.74, 6) is 4.05. The summed E-state index contributed by atoms with van der Waals surface area (Å²) in [5, 5.41) is 0. The molecule has 0 saturated heterocycles. The summed E-state index contributed by atoms with van der Waals surface area (Å²) in [6.07, 6.45) is 1.34. The molecule has 0 bridgehead atoms. The molecule has 0 aromatic heterocycles. The van der Waals surface area contributed by atoms with E-state index < -0.39 is 11.1 Å². The van der Waals surface area contributed by atoms with Gasteiger partial charge < -0.3 is 14.2 Å². The Morgan fingerprint density at radius 3 is 1.52 bits per heavy atom. The number of esters is 2. The number of hydrogen-bond donors (Lipinski definition) is 0. The molecule has 0 amide bonds. The Bertz CT molecular complexity index is 565. The quantitative estimate of drug-likeness (QED) is 0.357. The van der Waals surface area contributed by atoms with Crippen molar-refractivity contribution in [2.24, 2.45) is 9.98 Å². The van der Waals surface area contributed by atoms with Crippen LogP contribution in [0.1, 0.15) is 40.5 Å². The van der Waals surface area contributed by atoms with Crippen LogP contribution in [0.4, 0.5) is 0 Å². The van der Waals surface area contributed by atoms with Crippen LogP contribution in [0.5, 0.6) is 0 Å². The first-order valence-electron chi connectivity index (χ1n) is 9.06. The van der Waals surface area contributed by atoms with Crippen LogP contribution < -0.4 is 0 Å². The number of cyclic esters (lactones) is 2. The third-order valence-corrected chi connectivity index (χ3v) is 5.79. The first-order valence-corrected chi connectivity index (χ1v) is 11.4. The molecule has 0 N–H and O–H groups in total. The first kappa shape index (κ1) is 22.2. The molecular formula is C18H28N2O5S2. The second-order valence-corrected chi connectivity index (χ2v) is 9.69. The van der Waals surface area contributed by atoms with Crippen LogP contribution in [0.15, 0.2) is 9.98 Å². The molecule has 0 aromatic carbocycles. The standard InChI is InChI=1S/C18H28N2O5S2/c1-17(2)15(21)24-13(19-17)5-9-26-11-7-23-8-12-27-10-6-14-20-18(3,4)16(22)25-14/h5-12H2,1-4H3. The molecule has 0 spiro atoms. The maximum Gasteiger partial charge on any atom is 0.340 e. The number of carbonyl (C=O) groups excluding carboxylic acids is 2. The highest BCUT2D eigenvalue weighted by molar-refractivity contribution is 7.99. The smallest absolute Gasteiger partial charge is 0.340 e. The number of rotatable bonds is 12. The van der Waals surface area contributed by atoms with Gasteiger partial charge in [0.15, 0.2) is 22.9 Å². The van der Waals surface area contributed by atoms with Crippen LogP contribution in [-0.4, -0.2) is 71.0 Å². The Kier molecular flexibility index (Phi) is 8.18. The molecule has 152 valence electrons. The van der Waals surface area contributed by atoms with Crippen LogP contribution in [0, 0.1) is 0 Å². The Morgan fingerprint density at radius 2 is 1.19 bits per heavy atom. The van der Waals surface area contributed by atoms with Crippen molar-refractivity contribution in [2.75, 3.05) is 36.2 Å². The fourth-order valence-electron chi connectivity index (χ4n) is 2.30. The number of nitrogens with zero attached hydrogens (tertiary/aromatic N) is 2. The van der Waals surface area contributed by atoms with E-state index in [9.17, 15) is 9.59 Å². The van der Waals surface area contributed by atoms with Crippen molar-refractivity contribution in [1.29, 1.82) is 0 Å². The van der Waals surface area contributed by atoms with Crippen molar-refractivity contribution in [1.82, 2.24) is 0 Å². The topological polar surface area (TPSA) is 86.6 Å². The Labute approximate surface area is 169 Å². The molecule has 7 nitrogen and oxygen atoms in total. The van der Waals surface area contributed by atoms with E-state index in [-0.39, 0.29) is 11.9 Å².